The molecule has 0 unspecified atom stereocenters. The van der Waals surface area contributed by atoms with Gasteiger partial charge in [0.05, 0.1) is 5.69 Å². The summed E-state index contributed by atoms with van der Waals surface area (Å²) >= 11 is 3.89. The minimum Gasteiger partial charge on any atom is -0.328 e. The summed E-state index contributed by atoms with van der Waals surface area (Å²) in [7, 11) is 0. The van der Waals surface area contributed by atoms with Crippen molar-refractivity contribution in [3.05, 3.63) is 10.6 Å². The fourth-order valence-corrected chi connectivity index (χ4v) is 2.59. The molecule has 0 radical (unpaired) electrons. The van der Waals surface area contributed by atoms with Gasteiger partial charge in [0.25, 0.3) is 5.91 Å². The molecule has 1 rings (SSSR count). The van der Waals surface area contributed by atoms with Gasteiger partial charge in [0.2, 0.25) is 0 Å². The smallest absolute Gasteiger partial charge is 0.328 e. The van der Waals surface area contributed by atoms with E-state index < -0.39 is 18.6 Å². The van der Waals surface area contributed by atoms with E-state index in [1.807, 2.05) is 6.92 Å². The minimum absolute atomic E-state index is 0.0121. The zero-order valence-electron chi connectivity index (χ0n) is 10.2. The van der Waals surface area contributed by atoms with E-state index in [1.54, 1.807) is 0 Å². The predicted octanol–water partition coefficient (Wildman–Crippen LogP) is 2.89. The molecule has 0 aliphatic rings. The summed E-state index contributed by atoms with van der Waals surface area (Å²) in [4.78, 5) is 13.1. The van der Waals surface area contributed by atoms with E-state index in [2.05, 4.69) is 25.5 Å². The Morgan fingerprint density at radius 1 is 1.47 bits per heavy atom. The molecule has 1 aromatic rings. The van der Waals surface area contributed by atoms with Crippen molar-refractivity contribution in [1.29, 1.82) is 0 Å². The third kappa shape index (κ3) is 5.06. The Balaban J connectivity index is 2.89. The van der Waals surface area contributed by atoms with Crippen LogP contribution >= 0.6 is 27.5 Å². The van der Waals surface area contributed by atoms with Gasteiger partial charge in [0.1, 0.15) is 11.4 Å². The van der Waals surface area contributed by atoms with Crippen molar-refractivity contribution in [2.75, 3.05) is 18.4 Å². The molecule has 0 N–H and O–H groups in total. The van der Waals surface area contributed by atoms with Crippen molar-refractivity contribution in [2.45, 2.75) is 25.9 Å². The van der Waals surface area contributed by atoms with Crippen molar-refractivity contribution in [3.8, 4) is 0 Å². The summed E-state index contributed by atoms with van der Waals surface area (Å²) in [6, 6.07) is 0. The van der Waals surface area contributed by atoms with E-state index in [0.29, 0.717) is 12.1 Å². The SMILES string of the molecule is CCCc1nnsc1C(=O)N(CCBr)CC(F)(F)F. The zero-order valence-corrected chi connectivity index (χ0v) is 12.6. The maximum absolute atomic E-state index is 12.4. The number of hydrogen-bond acceptors (Lipinski definition) is 4. The van der Waals surface area contributed by atoms with Crippen LogP contribution in [-0.4, -0.2) is 45.0 Å². The van der Waals surface area contributed by atoms with E-state index in [0.717, 1.165) is 22.9 Å². The first kappa shape index (κ1) is 16.4. The largest absolute Gasteiger partial charge is 0.406 e. The van der Waals surface area contributed by atoms with E-state index in [-0.39, 0.29) is 16.8 Å². The maximum atomic E-state index is 12.4. The number of amides is 1. The first-order valence-corrected chi connectivity index (χ1v) is 7.51. The van der Waals surface area contributed by atoms with Crippen molar-refractivity contribution < 1.29 is 18.0 Å². The molecular weight excluding hydrogens is 347 g/mol. The van der Waals surface area contributed by atoms with Crippen LogP contribution in [0.4, 0.5) is 13.2 Å². The highest BCUT2D eigenvalue weighted by molar-refractivity contribution is 9.09. The number of aromatic nitrogens is 2. The Hall–Kier alpha value is -0.700. The van der Waals surface area contributed by atoms with Gasteiger partial charge in [-0.2, -0.15) is 13.2 Å². The van der Waals surface area contributed by atoms with Crippen LogP contribution in [0.1, 0.15) is 28.7 Å². The van der Waals surface area contributed by atoms with Gasteiger partial charge >= 0.3 is 6.18 Å². The van der Waals surface area contributed by atoms with Crippen molar-refractivity contribution in [3.63, 3.8) is 0 Å². The lowest BCUT2D eigenvalue weighted by atomic mass is 10.2. The number of carbonyl (C=O) groups excluding carboxylic acids is 1. The van der Waals surface area contributed by atoms with E-state index in [4.69, 9.17) is 0 Å². The molecular formula is C10H13BrF3N3OS. The number of hydrogen-bond donors (Lipinski definition) is 0. The molecule has 0 saturated heterocycles. The summed E-state index contributed by atoms with van der Waals surface area (Å²) < 4.78 is 41.0. The highest BCUT2D eigenvalue weighted by Gasteiger charge is 2.34. The van der Waals surface area contributed by atoms with Gasteiger partial charge in [0.15, 0.2) is 0 Å². The molecule has 9 heteroatoms. The van der Waals surface area contributed by atoms with Crippen LogP contribution in [0.2, 0.25) is 0 Å². The zero-order chi connectivity index (χ0) is 14.5. The lowest BCUT2D eigenvalue weighted by molar-refractivity contribution is -0.140. The minimum atomic E-state index is -4.42. The molecule has 1 aromatic heterocycles. The molecule has 0 aliphatic carbocycles. The van der Waals surface area contributed by atoms with Crippen LogP contribution in [-0.2, 0) is 6.42 Å². The van der Waals surface area contributed by atoms with Gasteiger partial charge < -0.3 is 4.90 Å². The second kappa shape index (κ2) is 7.18. The Kier molecular flexibility index (Phi) is 6.18. The molecule has 0 atom stereocenters. The van der Waals surface area contributed by atoms with Gasteiger partial charge in [-0.25, -0.2) is 0 Å². The average molecular weight is 360 g/mol. The Morgan fingerprint density at radius 3 is 2.68 bits per heavy atom. The highest BCUT2D eigenvalue weighted by atomic mass is 79.9. The summed E-state index contributed by atoms with van der Waals surface area (Å²) in [6.07, 6.45) is -3.13. The number of carbonyl (C=O) groups is 1. The van der Waals surface area contributed by atoms with Crippen LogP contribution in [0.15, 0.2) is 0 Å². The number of alkyl halides is 4. The van der Waals surface area contributed by atoms with Crippen LogP contribution in [0.5, 0.6) is 0 Å². The molecule has 0 aliphatic heterocycles. The van der Waals surface area contributed by atoms with Crippen molar-refractivity contribution in [1.82, 2.24) is 14.5 Å². The molecule has 0 saturated carbocycles. The summed E-state index contributed by atoms with van der Waals surface area (Å²) in [5, 5.41) is 4.08. The summed E-state index contributed by atoms with van der Waals surface area (Å²) in [5.74, 6) is -0.657. The molecule has 0 aromatic carbocycles. The molecule has 0 fully saturated rings. The monoisotopic (exact) mass is 359 g/mol. The Labute approximate surface area is 121 Å². The maximum Gasteiger partial charge on any atom is 0.406 e. The number of rotatable bonds is 6. The van der Waals surface area contributed by atoms with Crippen LogP contribution in [0.3, 0.4) is 0 Å². The lowest BCUT2D eigenvalue weighted by Crippen LogP contribution is -2.40. The topological polar surface area (TPSA) is 46.1 Å². The van der Waals surface area contributed by atoms with E-state index in [1.165, 1.54) is 0 Å². The average Bonchev–Trinajstić information content (AvgIpc) is 2.74. The van der Waals surface area contributed by atoms with Gasteiger partial charge in [-0.3, -0.25) is 4.79 Å². The van der Waals surface area contributed by atoms with E-state index >= 15 is 0 Å². The van der Waals surface area contributed by atoms with Gasteiger partial charge in [-0.15, -0.1) is 5.10 Å². The van der Waals surface area contributed by atoms with Gasteiger partial charge in [-0.05, 0) is 18.0 Å². The van der Waals surface area contributed by atoms with Gasteiger partial charge in [-0.1, -0.05) is 33.8 Å². The van der Waals surface area contributed by atoms with Crippen LogP contribution in [0, 0.1) is 0 Å². The predicted molar refractivity (Wildman–Crippen MR) is 69.7 cm³/mol. The van der Waals surface area contributed by atoms with E-state index in [9.17, 15) is 18.0 Å². The van der Waals surface area contributed by atoms with Crippen molar-refractivity contribution in [2.24, 2.45) is 0 Å². The Morgan fingerprint density at radius 2 is 2.16 bits per heavy atom. The third-order valence-corrected chi connectivity index (χ3v) is 3.36. The molecule has 108 valence electrons. The fraction of sp³-hybridized carbons (Fsp3) is 0.700. The van der Waals surface area contributed by atoms with Crippen molar-refractivity contribution >= 4 is 33.4 Å². The normalized spacial score (nSPS) is 11.6. The second-order valence-corrected chi connectivity index (χ2v) is 5.38. The molecule has 4 nitrogen and oxygen atoms in total. The first-order chi connectivity index (χ1) is 8.89. The third-order valence-electron chi connectivity index (χ3n) is 2.25. The number of aryl methyl sites for hydroxylation is 1. The second-order valence-electron chi connectivity index (χ2n) is 3.83. The number of halogens is 4. The lowest BCUT2D eigenvalue weighted by Gasteiger charge is -2.22. The molecule has 1 heterocycles. The standard InChI is InChI=1S/C10H13BrF3N3OS/c1-2-3-7-8(19-16-15-7)9(18)17(5-4-11)6-10(12,13)14/h2-6H2,1H3. The fourth-order valence-electron chi connectivity index (χ4n) is 1.49. The molecule has 19 heavy (non-hydrogen) atoms. The summed E-state index contributed by atoms with van der Waals surface area (Å²) in [6.45, 7) is 0.627. The van der Waals surface area contributed by atoms with Gasteiger partial charge in [0, 0.05) is 11.9 Å². The molecule has 1 amide bonds. The Bertz CT molecular complexity index is 424. The first-order valence-electron chi connectivity index (χ1n) is 5.62. The quantitative estimate of drug-likeness (QED) is 0.733. The highest BCUT2D eigenvalue weighted by Crippen LogP contribution is 2.21. The van der Waals surface area contributed by atoms with Crippen LogP contribution < -0.4 is 0 Å². The molecule has 0 bridgehead atoms. The summed E-state index contributed by atoms with van der Waals surface area (Å²) in [5.41, 5.74) is 0.472. The molecule has 0 spiro atoms. The number of nitrogens with zero attached hydrogens (tertiary/aromatic N) is 3. The van der Waals surface area contributed by atoms with Crippen LogP contribution in [0.25, 0.3) is 0 Å².